The number of alkyl halides is 2. The summed E-state index contributed by atoms with van der Waals surface area (Å²) in [6, 6.07) is 10.5. The van der Waals surface area contributed by atoms with Crippen LogP contribution < -0.4 is 4.74 Å². The minimum Gasteiger partial charge on any atom is -0.496 e. The number of aliphatic imine (C=N–C) groups is 1. The molecule has 2 aromatic carbocycles. The lowest BCUT2D eigenvalue weighted by atomic mass is 9.82. The van der Waals surface area contributed by atoms with Crippen LogP contribution in [0.2, 0.25) is 0 Å². The van der Waals surface area contributed by atoms with Crippen LogP contribution in [0.25, 0.3) is 0 Å². The van der Waals surface area contributed by atoms with E-state index < -0.39 is 11.3 Å². The van der Waals surface area contributed by atoms with Crippen molar-refractivity contribution in [3.63, 3.8) is 0 Å². The lowest BCUT2D eigenvalue weighted by Gasteiger charge is -2.36. The summed E-state index contributed by atoms with van der Waals surface area (Å²) in [5.41, 5.74) is -5.80. The predicted octanol–water partition coefficient (Wildman–Crippen LogP) is 4.19. The molecule has 1 N–H and O–H groups in total. The Kier molecular flexibility index (Phi) is 6.94. The van der Waals surface area contributed by atoms with Crippen LogP contribution in [0, 0.1) is 18.3 Å². The van der Waals surface area contributed by atoms with Gasteiger partial charge in [-0.2, -0.15) is 14.0 Å². The molecule has 2 unspecified atom stereocenters. The number of ether oxygens (including phenoxy) is 1. The fraction of sp³-hybridized carbons (Fsp3) is 0.333. The molecule has 0 saturated heterocycles. The maximum Gasteiger partial charge on any atom is 0.295 e. The molecule has 0 amide bonds. The van der Waals surface area contributed by atoms with Crippen molar-refractivity contribution >= 4 is 21.3 Å². The molecule has 0 spiro atoms. The number of methoxy groups -OCH3 is 1. The molecule has 2 aromatic rings. The highest BCUT2D eigenvalue weighted by Crippen LogP contribution is 2.51. The monoisotopic (exact) mass is 419 g/mol. The SMILES string of the molecule is CCN(C)C=Nc1cc(OC)c(C(O)(c2ccccc2C#N)C(F)(F)P)cc1C. The smallest absolute Gasteiger partial charge is 0.295 e. The van der Waals surface area contributed by atoms with Gasteiger partial charge in [-0.15, -0.1) is 0 Å². The summed E-state index contributed by atoms with van der Waals surface area (Å²) >= 11 is 0. The van der Waals surface area contributed by atoms with Gasteiger partial charge in [0, 0.05) is 30.8 Å². The van der Waals surface area contributed by atoms with Crippen LogP contribution in [0.1, 0.15) is 29.2 Å². The number of rotatable bonds is 7. The second kappa shape index (κ2) is 8.86. The summed E-state index contributed by atoms with van der Waals surface area (Å²) in [6.07, 6.45) is 1.63. The van der Waals surface area contributed by atoms with E-state index >= 15 is 0 Å². The van der Waals surface area contributed by atoms with Gasteiger partial charge in [0.2, 0.25) is 0 Å². The van der Waals surface area contributed by atoms with Gasteiger partial charge in [-0.3, -0.25) is 0 Å². The minimum absolute atomic E-state index is 0.0410. The second-order valence-corrected chi connectivity index (χ2v) is 7.37. The average Bonchev–Trinajstić information content (AvgIpc) is 2.70. The van der Waals surface area contributed by atoms with E-state index in [0.29, 0.717) is 11.3 Å². The fourth-order valence-corrected chi connectivity index (χ4v) is 3.22. The average molecular weight is 419 g/mol. The first-order valence-corrected chi connectivity index (χ1v) is 9.50. The van der Waals surface area contributed by atoms with Crippen molar-refractivity contribution in [2.45, 2.75) is 25.1 Å². The Bertz CT molecular complexity index is 954. The van der Waals surface area contributed by atoms with E-state index in [-0.39, 0.29) is 22.4 Å². The fourth-order valence-electron chi connectivity index (χ4n) is 2.91. The van der Waals surface area contributed by atoms with Crippen molar-refractivity contribution in [2.24, 2.45) is 4.99 Å². The first kappa shape index (κ1) is 22.7. The Hall–Kier alpha value is -2.55. The van der Waals surface area contributed by atoms with Gasteiger partial charge < -0.3 is 14.7 Å². The molecule has 0 aliphatic rings. The Labute approximate surface area is 171 Å². The summed E-state index contributed by atoms with van der Waals surface area (Å²) in [6.45, 7) is 4.43. The number of aryl methyl sites for hydroxylation is 1. The zero-order chi connectivity index (χ0) is 21.8. The van der Waals surface area contributed by atoms with Crippen LogP contribution in [0.15, 0.2) is 41.4 Å². The molecule has 2 atom stereocenters. The van der Waals surface area contributed by atoms with E-state index in [1.807, 2.05) is 24.9 Å². The van der Waals surface area contributed by atoms with Gasteiger partial charge in [0.05, 0.1) is 30.8 Å². The summed E-state index contributed by atoms with van der Waals surface area (Å²) < 4.78 is 35.0. The molecule has 0 bridgehead atoms. The lowest BCUT2D eigenvalue weighted by Crippen LogP contribution is -2.43. The van der Waals surface area contributed by atoms with Crippen molar-refractivity contribution in [1.29, 1.82) is 5.26 Å². The largest absolute Gasteiger partial charge is 0.496 e. The zero-order valence-electron chi connectivity index (χ0n) is 16.8. The predicted molar refractivity (Wildman–Crippen MR) is 113 cm³/mol. The lowest BCUT2D eigenvalue weighted by molar-refractivity contribution is -0.100. The Morgan fingerprint density at radius 3 is 2.52 bits per heavy atom. The second-order valence-electron chi connectivity index (χ2n) is 6.65. The third-order valence-corrected chi connectivity index (χ3v) is 5.14. The third kappa shape index (κ3) is 4.39. The molecule has 0 saturated carbocycles. The summed E-state index contributed by atoms with van der Waals surface area (Å²) in [5, 5.41) is 20.7. The molecule has 29 heavy (non-hydrogen) atoms. The number of nitrogens with zero attached hydrogens (tertiary/aromatic N) is 3. The van der Waals surface area contributed by atoms with Crippen LogP contribution in [-0.2, 0) is 5.60 Å². The van der Waals surface area contributed by atoms with E-state index in [1.165, 1.54) is 46.7 Å². The zero-order valence-corrected chi connectivity index (χ0v) is 17.9. The number of aliphatic hydroxyl groups is 1. The van der Waals surface area contributed by atoms with Gasteiger partial charge in [0.15, 0.2) is 5.60 Å². The van der Waals surface area contributed by atoms with Crippen LogP contribution in [0.5, 0.6) is 5.75 Å². The number of hydrogen-bond acceptors (Lipinski definition) is 4. The van der Waals surface area contributed by atoms with Gasteiger partial charge in [-0.25, -0.2) is 4.99 Å². The molecular formula is C21H24F2N3O2P. The molecule has 0 aromatic heterocycles. The molecule has 0 aliphatic carbocycles. The number of nitriles is 1. The van der Waals surface area contributed by atoms with Crippen molar-refractivity contribution in [1.82, 2.24) is 4.90 Å². The molecule has 154 valence electrons. The van der Waals surface area contributed by atoms with Crippen LogP contribution in [-0.4, -0.2) is 42.7 Å². The molecule has 8 heteroatoms. The van der Waals surface area contributed by atoms with Crippen molar-refractivity contribution < 1.29 is 18.6 Å². The molecule has 5 nitrogen and oxygen atoms in total. The highest BCUT2D eigenvalue weighted by molar-refractivity contribution is 7.18. The van der Waals surface area contributed by atoms with E-state index in [2.05, 4.69) is 4.99 Å². The molecule has 0 heterocycles. The van der Waals surface area contributed by atoms with Gasteiger partial charge >= 0.3 is 0 Å². The van der Waals surface area contributed by atoms with Crippen molar-refractivity contribution in [2.75, 3.05) is 20.7 Å². The molecular weight excluding hydrogens is 395 g/mol. The first-order valence-electron chi connectivity index (χ1n) is 8.92. The van der Waals surface area contributed by atoms with Gasteiger partial charge in [0.25, 0.3) is 5.66 Å². The van der Waals surface area contributed by atoms with Gasteiger partial charge in [-0.05, 0) is 31.5 Å². The summed E-state index contributed by atoms with van der Waals surface area (Å²) in [7, 11) is 4.57. The van der Waals surface area contributed by atoms with Crippen LogP contribution >= 0.6 is 9.24 Å². The van der Waals surface area contributed by atoms with Crippen LogP contribution in [0.3, 0.4) is 0 Å². The van der Waals surface area contributed by atoms with E-state index in [4.69, 9.17) is 4.74 Å². The number of benzene rings is 2. The first-order chi connectivity index (χ1) is 13.6. The maximum atomic E-state index is 14.8. The van der Waals surface area contributed by atoms with Gasteiger partial charge in [-0.1, -0.05) is 27.4 Å². The Morgan fingerprint density at radius 1 is 1.31 bits per heavy atom. The topological polar surface area (TPSA) is 68.8 Å². The Balaban J connectivity index is 2.78. The normalized spacial score (nSPS) is 13.8. The summed E-state index contributed by atoms with van der Waals surface area (Å²) in [5.74, 6) is 0.0410. The highest BCUT2D eigenvalue weighted by Gasteiger charge is 2.54. The third-order valence-electron chi connectivity index (χ3n) is 4.72. The quantitative estimate of drug-likeness (QED) is 0.415. The highest BCUT2D eigenvalue weighted by atomic mass is 31.0. The molecule has 0 radical (unpaired) electrons. The van der Waals surface area contributed by atoms with E-state index in [0.717, 1.165) is 6.54 Å². The van der Waals surface area contributed by atoms with Crippen molar-refractivity contribution in [3.05, 3.63) is 58.7 Å². The maximum absolute atomic E-state index is 14.8. The molecule has 0 fully saturated rings. The molecule has 0 aliphatic heterocycles. The number of hydrogen-bond donors (Lipinski definition) is 1. The standard InChI is InChI=1S/C21H24F2N3O2P/c1-5-26(3)13-25-18-11-19(28-4)17(10-14(18)2)20(27,21(22,23)29)16-9-7-6-8-15(16)12-24/h6-11,13,27H,5,29H2,1-4H3. The molecule has 2 rings (SSSR count). The summed E-state index contributed by atoms with van der Waals surface area (Å²) in [4.78, 5) is 6.23. The van der Waals surface area contributed by atoms with Gasteiger partial charge in [0.1, 0.15) is 5.75 Å². The Morgan fingerprint density at radius 2 is 1.97 bits per heavy atom. The number of halogens is 2. The van der Waals surface area contributed by atoms with E-state index in [1.54, 1.807) is 19.3 Å². The minimum atomic E-state index is -3.69. The van der Waals surface area contributed by atoms with E-state index in [9.17, 15) is 19.1 Å². The van der Waals surface area contributed by atoms with Crippen LogP contribution in [0.4, 0.5) is 14.5 Å². The van der Waals surface area contributed by atoms with Crippen molar-refractivity contribution in [3.8, 4) is 11.8 Å².